The summed E-state index contributed by atoms with van der Waals surface area (Å²) in [5, 5.41) is 5.12. The number of nitrogens with zero attached hydrogens (tertiary/aromatic N) is 4. The highest BCUT2D eigenvalue weighted by Crippen LogP contribution is 2.32. The third kappa shape index (κ3) is 6.36. The van der Waals surface area contributed by atoms with Crippen LogP contribution in [0.1, 0.15) is 19.3 Å². The van der Waals surface area contributed by atoms with Crippen LogP contribution >= 0.6 is 36.6 Å². The number of imidazole rings is 1. The van der Waals surface area contributed by atoms with Crippen molar-refractivity contribution >= 4 is 36.6 Å². The standard InChI is InChI=1S/C22H23N5S.2ClH/c1-4-10-18(11-5-1)20-21(19-12-6-2-7-13-19)26-22(25-20)28-15-9-3-8-14-27-17-23-16-24-27;;/h1-2,4-7,10-13,16-17H,3,8-9,14-15H2,(H,25,26);2*1H. The molecule has 0 bridgehead atoms. The van der Waals surface area contributed by atoms with E-state index in [4.69, 9.17) is 4.98 Å². The van der Waals surface area contributed by atoms with Crippen molar-refractivity contribution < 1.29 is 0 Å². The quantitative estimate of drug-likeness (QED) is 0.240. The Balaban J connectivity index is 0.00000160. The van der Waals surface area contributed by atoms with E-state index in [-0.39, 0.29) is 24.8 Å². The summed E-state index contributed by atoms with van der Waals surface area (Å²) < 4.78 is 1.89. The minimum Gasteiger partial charge on any atom is -0.332 e. The van der Waals surface area contributed by atoms with Gasteiger partial charge in [-0.3, -0.25) is 4.68 Å². The molecule has 0 aliphatic heterocycles. The van der Waals surface area contributed by atoms with Gasteiger partial charge in [-0.25, -0.2) is 9.97 Å². The maximum Gasteiger partial charge on any atom is 0.166 e. The lowest BCUT2D eigenvalue weighted by Gasteiger charge is -2.02. The van der Waals surface area contributed by atoms with E-state index in [2.05, 4.69) is 63.6 Å². The van der Waals surface area contributed by atoms with Crippen LogP contribution in [0.2, 0.25) is 0 Å². The second-order valence-electron chi connectivity index (χ2n) is 6.57. The smallest absolute Gasteiger partial charge is 0.166 e. The van der Waals surface area contributed by atoms with Gasteiger partial charge in [-0.1, -0.05) is 78.8 Å². The van der Waals surface area contributed by atoms with E-state index >= 15 is 0 Å². The number of H-pyrrole nitrogens is 1. The Hall–Kier alpha value is -2.28. The van der Waals surface area contributed by atoms with E-state index in [1.807, 2.05) is 16.8 Å². The first-order chi connectivity index (χ1) is 13.9. The summed E-state index contributed by atoms with van der Waals surface area (Å²) >= 11 is 1.79. The molecular weight excluding hydrogens is 437 g/mol. The topological polar surface area (TPSA) is 59.4 Å². The molecule has 158 valence electrons. The van der Waals surface area contributed by atoms with Gasteiger partial charge in [0.1, 0.15) is 12.7 Å². The van der Waals surface area contributed by atoms with Gasteiger partial charge in [-0.05, 0) is 12.8 Å². The van der Waals surface area contributed by atoms with Crippen molar-refractivity contribution in [3.8, 4) is 22.5 Å². The summed E-state index contributed by atoms with van der Waals surface area (Å²) in [6, 6.07) is 20.8. The van der Waals surface area contributed by atoms with Gasteiger partial charge in [0.2, 0.25) is 0 Å². The Morgan fingerprint density at radius 2 is 1.53 bits per heavy atom. The number of halogens is 2. The van der Waals surface area contributed by atoms with Crippen molar-refractivity contribution in [2.24, 2.45) is 0 Å². The molecule has 5 nitrogen and oxygen atoms in total. The van der Waals surface area contributed by atoms with Crippen molar-refractivity contribution in [2.45, 2.75) is 31.0 Å². The molecule has 0 aliphatic carbocycles. The molecule has 2 aromatic carbocycles. The van der Waals surface area contributed by atoms with E-state index in [1.54, 1.807) is 24.4 Å². The Bertz CT molecular complexity index is 918. The summed E-state index contributed by atoms with van der Waals surface area (Å²) in [7, 11) is 0. The normalized spacial score (nSPS) is 10.3. The number of benzene rings is 2. The third-order valence-electron chi connectivity index (χ3n) is 4.53. The van der Waals surface area contributed by atoms with E-state index < -0.39 is 0 Å². The van der Waals surface area contributed by atoms with E-state index in [1.165, 1.54) is 6.42 Å². The van der Waals surface area contributed by atoms with E-state index in [0.717, 1.165) is 52.8 Å². The summed E-state index contributed by atoms with van der Waals surface area (Å²) in [4.78, 5) is 12.4. The summed E-state index contributed by atoms with van der Waals surface area (Å²) in [5.74, 6) is 1.05. The van der Waals surface area contributed by atoms with Crippen molar-refractivity contribution in [1.29, 1.82) is 0 Å². The fourth-order valence-corrected chi connectivity index (χ4v) is 3.98. The van der Waals surface area contributed by atoms with Crippen molar-refractivity contribution in [1.82, 2.24) is 24.7 Å². The lowest BCUT2D eigenvalue weighted by molar-refractivity contribution is 0.553. The van der Waals surface area contributed by atoms with Crippen LogP contribution in [0.5, 0.6) is 0 Å². The second-order valence-corrected chi connectivity index (χ2v) is 7.65. The molecule has 0 aliphatic rings. The Labute approximate surface area is 193 Å². The first-order valence-electron chi connectivity index (χ1n) is 9.56. The summed E-state index contributed by atoms with van der Waals surface area (Å²) in [5.41, 5.74) is 4.40. The Morgan fingerprint density at radius 3 is 2.20 bits per heavy atom. The van der Waals surface area contributed by atoms with Crippen molar-refractivity contribution in [3.63, 3.8) is 0 Å². The summed E-state index contributed by atoms with van der Waals surface area (Å²) in [6.45, 7) is 0.932. The molecule has 0 saturated carbocycles. The van der Waals surface area contributed by atoms with Gasteiger partial charge in [-0.2, -0.15) is 5.10 Å². The number of aryl methyl sites for hydroxylation is 1. The van der Waals surface area contributed by atoms with Crippen LogP contribution in [-0.2, 0) is 6.54 Å². The van der Waals surface area contributed by atoms with Crippen LogP contribution in [0, 0.1) is 0 Å². The third-order valence-corrected chi connectivity index (χ3v) is 5.49. The molecular formula is C22H25Cl2N5S. The number of nitrogens with one attached hydrogen (secondary N) is 1. The van der Waals surface area contributed by atoms with Gasteiger partial charge < -0.3 is 4.98 Å². The zero-order chi connectivity index (χ0) is 19.0. The SMILES string of the molecule is Cl.Cl.c1ccc(-c2nc(SCCCCCn3cncn3)[nH]c2-c2ccccc2)cc1. The molecule has 0 atom stereocenters. The molecule has 2 heterocycles. The van der Waals surface area contributed by atoms with E-state index in [0.29, 0.717) is 0 Å². The number of thioether (sulfide) groups is 1. The van der Waals surface area contributed by atoms with Crippen LogP contribution in [0.4, 0.5) is 0 Å². The maximum absolute atomic E-state index is 4.90. The fraction of sp³-hybridized carbons (Fsp3) is 0.227. The highest BCUT2D eigenvalue weighted by molar-refractivity contribution is 7.99. The molecule has 0 fully saturated rings. The number of hydrogen-bond acceptors (Lipinski definition) is 4. The summed E-state index contributed by atoms with van der Waals surface area (Å²) in [6.07, 6.45) is 6.80. The lowest BCUT2D eigenvalue weighted by atomic mass is 10.1. The highest BCUT2D eigenvalue weighted by atomic mass is 35.5. The van der Waals surface area contributed by atoms with Gasteiger partial charge in [0.05, 0.1) is 11.4 Å². The average Bonchev–Trinajstić information content (AvgIpc) is 3.42. The van der Waals surface area contributed by atoms with Crippen molar-refractivity contribution in [3.05, 3.63) is 73.3 Å². The minimum atomic E-state index is 0. The largest absolute Gasteiger partial charge is 0.332 e. The monoisotopic (exact) mass is 461 g/mol. The first kappa shape index (κ1) is 24.0. The molecule has 30 heavy (non-hydrogen) atoms. The van der Waals surface area contributed by atoms with Crippen LogP contribution in [0.25, 0.3) is 22.5 Å². The highest BCUT2D eigenvalue weighted by Gasteiger charge is 2.14. The number of aromatic nitrogens is 5. The van der Waals surface area contributed by atoms with Gasteiger partial charge in [0.15, 0.2) is 5.16 Å². The number of rotatable bonds is 9. The van der Waals surface area contributed by atoms with Crippen LogP contribution in [0.15, 0.2) is 78.5 Å². The number of unbranched alkanes of at least 4 members (excludes halogenated alkanes) is 2. The van der Waals surface area contributed by atoms with Gasteiger partial charge in [0, 0.05) is 23.4 Å². The van der Waals surface area contributed by atoms with Gasteiger partial charge in [-0.15, -0.1) is 24.8 Å². The molecule has 1 N–H and O–H groups in total. The van der Waals surface area contributed by atoms with Crippen LogP contribution in [0.3, 0.4) is 0 Å². The molecule has 4 aromatic rings. The molecule has 2 aromatic heterocycles. The lowest BCUT2D eigenvalue weighted by Crippen LogP contribution is -1.98. The predicted molar refractivity (Wildman–Crippen MR) is 129 cm³/mol. The fourth-order valence-electron chi connectivity index (χ4n) is 3.11. The second kappa shape index (κ2) is 12.4. The Kier molecular flexibility index (Phi) is 9.94. The average molecular weight is 462 g/mol. The number of hydrogen-bond donors (Lipinski definition) is 1. The molecule has 0 spiro atoms. The molecule has 0 radical (unpaired) electrons. The van der Waals surface area contributed by atoms with Crippen molar-refractivity contribution in [2.75, 3.05) is 5.75 Å². The zero-order valence-corrected chi connectivity index (χ0v) is 18.9. The molecule has 8 heteroatoms. The zero-order valence-electron chi connectivity index (χ0n) is 16.5. The molecule has 0 amide bonds. The molecule has 0 saturated heterocycles. The number of aromatic amines is 1. The van der Waals surface area contributed by atoms with E-state index in [9.17, 15) is 0 Å². The minimum absolute atomic E-state index is 0. The Morgan fingerprint density at radius 1 is 0.833 bits per heavy atom. The predicted octanol–water partition coefficient (Wildman–Crippen LogP) is 6.14. The van der Waals surface area contributed by atoms with Crippen LogP contribution < -0.4 is 0 Å². The van der Waals surface area contributed by atoms with Gasteiger partial charge >= 0.3 is 0 Å². The maximum atomic E-state index is 4.90. The molecule has 0 unspecified atom stereocenters. The van der Waals surface area contributed by atoms with Gasteiger partial charge in [0.25, 0.3) is 0 Å². The first-order valence-corrected chi connectivity index (χ1v) is 10.5. The van der Waals surface area contributed by atoms with Crippen LogP contribution in [-0.4, -0.2) is 30.5 Å². The molecule has 4 rings (SSSR count).